The van der Waals surface area contributed by atoms with Gasteiger partial charge in [0.2, 0.25) is 0 Å². The summed E-state index contributed by atoms with van der Waals surface area (Å²) in [5.41, 5.74) is 1.37. The summed E-state index contributed by atoms with van der Waals surface area (Å²) in [4.78, 5) is 28.0. The van der Waals surface area contributed by atoms with E-state index in [2.05, 4.69) is 17.2 Å². The predicted molar refractivity (Wildman–Crippen MR) is 91.6 cm³/mol. The summed E-state index contributed by atoms with van der Waals surface area (Å²) in [7, 11) is 0. The second-order valence-electron chi connectivity index (χ2n) is 5.52. The van der Waals surface area contributed by atoms with Crippen LogP contribution < -0.4 is 5.32 Å². The van der Waals surface area contributed by atoms with Crippen molar-refractivity contribution < 1.29 is 14.3 Å². The molecule has 5 heteroatoms. The van der Waals surface area contributed by atoms with Gasteiger partial charge in [-0.05, 0) is 31.0 Å². The van der Waals surface area contributed by atoms with Gasteiger partial charge >= 0.3 is 5.97 Å². The molecule has 0 saturated heterocycles. The van der Waals surface area contributed by atoms with Crippen molar-refractivity contribution in [2.45, 2.75) is 32.3 Å². The second kappa shape index (κ2) is 8.82. The summed E-state index contributed by atoms with van der Waals surface area (Å²) < 4.78 is 5.16. The molecule has 1 heterocycles. The first kappa shape index (κ1) is 17.7. The Labute approximate surface area is 142 Å². The highest BCUT2D eigenvalue weighted by atomic mass is 16.5. The Morgan fingerprint density at radius 2 is 1.83 bits per heavy atom. The molecule has 0 aliphatic carbocycles. The average Bonchev–Trinajstić information content (AvgIpc) is 2.63. The Morgan fingerprint density at radius 3 is 2.46 bits per heavy atom. The van der Waals surface area contributed by atoms with Crippen molar-refractivity contribution in [2.75, 3.05) is 6.54 Å². The average molecular weight is 326 g/mol. The van der Waals surface area contributed by atoms with Crippen molar-refractivity contribution in [3.05, 3.63) is 66.0 Å². The van der Waals surface area contributed by atoms with Gasteiger partial charge in [0.25, 0.3) is 5.91 Å². The van der Waals surface area contributed by atoms with Gasteiger partial charge in [0, 0.05) is 18.7 Å². The minimum absolute atomic E-state index is 0.188. The molecular weight excluding hydrogens is 304 g/mol. The van der Waals surface area contributed by atoms with E-state index in [-0.39, 0.29) is 17.5 Å². The van der Waals surface area contributed by atoms with E-state index < -0.39 is 12.1 Å². The lowest BCUT2D eigenvalue weighted by atomic mass is 9.96. The molecule has 24 heavy (non-hydrogen) atoms. The maximum absolute atomic E-state index is 12.2. The van der Waals surface area contributed by atoms with Crippen molar-refractivity contribution in [1.82, 2.24) is 10.3 Å². The third-order valence-corrected chi connectivity index (χ3v) is 3.81. The number of carbonyl (C=O) groups excluding carboxylic acids is 2. The number of amides is 1. The summed E-state index contributed by atoms with van der Waals surface area (Å²) >= 11 is 0. The minimum Gasteiger partial charge on any atom is -0.448 e. The van der Waals surface area contributed by atoms with Crippen LogP contribution in [0.15, 0.2) is 54.7 Å². The number of hydrogen-bond donors (Lipinski definition) is 1. The molecule has 0 spiro atoms. The van der Waals surface area contributed by atoms with Gasteiger partial charge in [-0.25, -0.2) is 9.78 Å². The van der Waals surface area contributed by atoms with E-state index in [1.807, 2.05) is 30.3 Å². The zero-order valence-electron chi connectivity index (χ0n) is 13.9. The first-order valence-electron chi connectivity index (χ1n) is 8.06. The molecule has 2 aromatic rings. The van der Waals surface area contributed by atoms with Crippen molar-refractivity contribution >= 4 is 11.9 Å². The Hall–Kier alpha value is -2.69. The van der Waals surface area contributed by atoms with E-state index in [9.17, 15) is 9.59 Å². The normalized spacial score (nSPS) is 12.9. The predicted octanol–water partition coefficient (Wildman–Crippen LogP) is 2.94. The van der Waals surface area contributed by atoms with Crippen molar-refractivity contribution in [3.63, 3.8) is 0 Å². The molecule has 0 aliphatic heterocycles. The van der Waals surface area contributed by atoms with Crippen LogP contribution in [0.1, 0.15) is 42.2 Å². The standard InChI is InChI=1S/C19H22N2O3/c1-3-15(16-9-5-4-6-10-16)13-21-18(22)14(2)24-19(23)17-11-7-8-12-20-17/h4-12,14-15H,3,13H2,1-2H3,(H,21,22)/t14-,15+/m0/s1. The molecule has 1 aromatic heterocycles. The van der Waals surface area contributed by atoms with E-state index in [0.29, 0.717) is 6.54 Å². The molecule has 0 fully saturated rings. The maximum Gasteiger partial charge on any atom is 0.357 e. The molecule has 2 rings (SSSR count). The number of aromatic nitrogens is 1. The van der Waals surface area contributed by atoms with Crippen LogP contribution in [-0.2, 0) is 9.53 Å². The molecule has 0 aliphatic rings. The highest BCUT2D eigenvalue weighted by Crippen LogP contribution is 2.18. The summed E-state index contributed by atoms with van der Waals surface area (Å²) in [6.45, 7) is 4.14. The van der Waals surface area contributed by atoms with Crippen LogP contribution in [0.5, 0.6) is 0 Å². The lowest BCUT2D eigenvalue weighted by molar-refractivity contribution is -0.129. The first-order valence-corrected chi connectivity index (χ1v) is 8.06. The van der Waals surface area contributed by atoms with E-state index in [0.717, 1.165) is 6.42 Å². The molecule has 0 radical (unpaired) electrons. The lowest BCUT2D eigenvalue weighted by Gasteiger charge is -2.18. The number of nitrogens with zero attached hydrogens (tertiary/aromatic N) is 1. The number of pyridine rings is 1. The Morgan fingerprint density at radius 1 is 1.12 bits per heavy atom. The fourth-order valence-electron chi connectivity index (χ4n) is 2.35. The summed E-state index contributed by atoms with van der Waals surface area (Å²) in [5, 5.41) is 2.85. The summed E-state index contributed by atoms with van der Waals surface area (Å²) in [6, 6.07) is 15.0. The van der Waals surface area contributed by atoms with E-state index in [1.54, 1.807) is 25.1 Å². The summed E-state index contributed by atoms with van der Waals surface area (Å²) in [5.74, 6) is -0.684. The van der Waals surface area contributed by atoms with Crippen LogP contribution in [0.3, 0.4) is 0 Å². The van der Waals surface area contributed by atoms with Gasteiger partial charge in [-0.2, -0.15) is 0 Å². The largest absolute Gasteiger partial charge is 0.448 e. The molecule has 5 nitrogen and oxygen atoms in total. The van der Waals surface area contributed by atoms with Crippen LogP contribution in [-0.4, -0.2) is 29.5 Å². The zero-order chi connectivity index (χ0) is 17.4. The Bertz CT molecular complexity index is 659. The Balaban J connectivity index is 1.86. The zero-order valence-corrected chi connectivity index (χ0v) is 13.9. The quantitative estimate of drug-likeness (QED) is 0.794. The molecule has 1 aromatic carbocycles. The molecule has 0 unspecified atom stereocenters. The number of carbonyl (C=O) groups is 2. The molecular formula is C19H22N2O3. The topological polar surface area (TPSA) is 68.3 Å². The maximum atomic E-state index is 12.2. The third kappa shape index (κ3) is 4.91. The van der Waals surface area contributed by atoms with Crippen LogP contribution in [0, 0.1) is 0 Å². The molecule has 2 atom stereocenters. The number of esters is 1. The number of nitrogens with one attached hydrogen (secondary N) is 1. The number of benzene rings is 1. The van der Waals surface area contributed by atoms with Crippen LogP contribution in [0.2, 0.25) is 0 Å². The number of hydrogen-bond acceptors (Lipinski definition) is 4. The first-order chi connectivity index (χ1) is 11.6. The van der Waals surface area contributed by atoms with Gasteiger partial charge < -0.3 is 10.1 Å². The van der Waals surface area contributed by atoms with E-state index in [4.69, 9.17) is 4.74 Å². The minimum atomic E-state index is -0.868. The van der Waals surface area contributed by atoms with Crippen molar-refractivity contribution in [1.29, 1.82) is 0 Å². The molecule has 1 N–H and O–H groups in total. The molecule has 1 amide bonds. The molecule has 0 bridgehead atoms. The number of rotatable bonds is 7. The van der Waals surface area contributed by atoms with Crippen molar-refractivity contribution in [2.24, 2.45) is 0 Å². The highest BCUT2D eigenvalue weighted by Gasteiger charge is 2.20. The smallest absolute Gasteiger partial charge is 0.357 e. The third-order valence-electron chi connectivity index (χ3n) is 3.81. The van der Waals surface area contributed by atoms with Crippen LogP contribution in [0.25, 0.3) is 0 Å². The van der Waals surface area contributed by atoms with Gasteiger partial charge in [-0.15, -0.1) is 0 Å². The fourth-order valence-corrected chi connectivity index (χ4v) is 2.35. The van der Waals surface area contributed by atoms with Gasteiger partial charge in [0.15, 0.2) is 6.10 Å². The lowest BCUT2D eigenvalue weighted by Crippen LogP contribution is -2.38. The van der Waals surface area contributed by atoms with Gasteiger partial charge in [0.05, 0.1) is 0 Å². The van der Waals surface area contributed by atoms with Gasteiger partial charge in [-0.3, -0.25) is 4.79 Å². The SMILES string of the molecule is CC[C@H](CNC(=O)[C@H](C)OC(=O)c1ccccn1)c1ccccc1. The van der Waals surface area contributed by atoms with E-state index >= 15 is 0 Å². The van der Waals surface area contributed by atoms with Gasteiger partial charge in [-0.1, -0.05) is 43.3 Å². The van der Waals surface area contributed by atoms with Crippen LogP contribution in [0.4, 0.5) is 0 Å². The van der Waals surface area contributed by atoms with Crippen LogP contribution >= 0.6 is 0 Å². The van der Waals surface area contributed by atoms with Gasteiger partial charge in [0.1, 0.15) is 5.69 Å². The second-order valence-corrected chi connectivity index (χ2v) is 5.52. The fraction of sp³-hybridized carbons (Fsp3) is 0.316. The summed E-state index contributed by atoms with van der Waals surface area (Å²) in [6.07, 6.45) is 1.55. The van der Waals surface area contributed by atoms with E-state index in [1.165, 1.54) is 11.8 Å². The highest BCUT2D eigenvalue weighted by molar-refractivity contribution is 5.90. The molecule has 0 saturated carbocycles. The Kier molecular flexibility index (Phi) is 6.49. The number of ether oxygens (including phenoxy) is 1. The monoisotopic (exact) mass is 326 g/mol. The molecule has 126 valence electrons. The van der Waals surface area contributed by atoms with Crippen molar-refractivity contribution in [3.8, 4) is 0 Å².